The summed E-state index contributed by atoms with van der Waals surface area (Å²) in [7, 11) is 0. The summed E-state index contributed by atoms with van der Waals surface area (Å²) in [5, 5.41) is 0. The van der Waals surface area contributed by atoms with Crippen molar-refractivity contribution in [2.24, 2.45) is 5.84 Å². The van der Waals surface area contributed by atoms with Crippen LogP contribution in [0.5, 0.6) is 0 Å². The Morgan fingerprint density at radius 2 is 2.11 bits per heavy atom. The number of anilines is 1. The maximum atomic E-state index is 12.2. The third-order valence-electron chi connectivity index (χ3n) is 3.38. The maximum Gasteiger partial charge on any atom is 0.253 e. The largest absolute Gasteiger partial charge is 0.303 e. The zero-order valence-corrected chi connectivity index (χ0v) is 11.1. The van der Waals surface area contributed by atoms with E-state index < -0.39 is 0 Å². The normalized spacial score (nSPS) is 15.5. The molecular formula is C14H19N3O2. The molecule has 0 aromatic heterocycles. The van der Waals surface area contributed by atoms with E-state index in [1.165, 1.54) is 0 Å². The Hall–Kier alpha value is -1.88. The topological polar surface area (TPSA) is 75.4 Å². The Balaban J connectivity index is 2.40. The lowest BCUT2D eigenvalue weighted by Crippen LogP contribution is -2.43. The average molecular weight is 261 g/mol. The molecule has 0 unspecified atom stereocenters. The van der Waals surface area contributed by atoms with Crippen LogP contribution < -0.4 is 16.2 Å². The fraction of sp³-hybridized carbons (Fsp3) is 0.429. The molecule has 5 nitrogen and oxygen atoms in total. The minimum Gasteiger partial charge on any atom is -0.303 e. The van der Waals surface area contributed by atoms with Crippen molar-refractivity contribution < 1.29 is 9.59 Å². The molecule has 102 valence electrons. The van der Waals surface area contributed by atoms with Crippen LogP contribution in [0, 0.1) is 6.92 Å². The van der Waals surface area contributed by atoms with Crippen molar-refractivity contribution in [3.8, 4) is 0 Å². The van der Waals surface area contributed by atoms with E-state index in [0.29, 0.717) is 6.42 Å². The number of nitrogens with zero attached hydrogens (tertiary/aromatic N) is 1. The summed E-state index contributed by atoms with van der Waals surface area (Å²) in [6.07, 6.45) is 3.26. The van der Waals surface area contributed by atoms with Crippen LogP contribution in [0.1, 0.15) is 30.4 Å². The number of nitrogens with two attached hydrogens (primary N) is 1. The van der Waals surface area contributed by atoms with E-state index in [-0.39, 0.29) is 18.4 Å². The average Bonchev–Trinajstić information content (AvgIpc) is 2.40. The first-order chi connectivity index (χ1) is 9.11. The monoisotopic (exact) mass is 261 g/mol. The molecule has 1 aliphatic rings. The molecule has 0 saturated carbocycles. The van der Waals surface area contributed by atoms with E-state index in [9.17, 15) is 9.59 Å². The fourth-order valence-corrected chi connectivity index (χ4v) is 2.36. The summed E-state index contributed by atoms with van der Waals surface area (Å²) in [6, 6.07) is 6.03. The van der Waals surface area contributed by atoms with Gasteiger partial charge in [0.2, 0.25) is 5.91 Å². The Bertz CT molecular complexity index is 499. The zero-order chi connectivity index (χ0) is 13.8. The van der Waals surface area contributed by atoms with Gasteiger partial charge in [-0.05, 0) is 43.4 Å². The molecule has 2 amide bonds. The molecule has 5 heteroatoms. The van der Waals surface area contributed by atoms with Gasteiger partial charge < -0.3 is 4.90 Å². The summed E-state index contributed by atoms with van der Waals surface area (Å²) in [6.45, 7) is 1.95. The molecule has 1 aromatic carbocycles. The molecule has 0 spiro atoms. The number of hydrazine groups is 1. The number of hydrogen-bond acceptors (Lipinski definition) is 3. The van der Waals surface area contributed by atoms with Gasteiger partial charge in [0.25, 0.3) is 5.91 Å². The van der Waals surface area contributed by atoms with E-state index in [0.717, 1.165) is 36.1 Å². The molecule has 0 radical (unpaired) electrons. The fourth-order valence-electron chi connectivity index (χ4n) is 2.36. The predicted octanol–water partition coefficient (Wildman–Crippen LogP) is 1.04. The van der Waals surface area contributed by atoms with Crippen LogP contribution in [0.2, 0.25) is 0 Å². The second-order valence-electron chi connectivity index (χ2n) is 4.89. The highest BCUT2D eigenvalue weighted by Crippen LogP contribution is 2.27. The lowest BCUT2D eigenvalue weighted by Gasteiger charge is -2.27. The highest BCUT2D eigenvalue weighted by Gasteiger charge is 2.22. The summed E-state index contributed by atoms with van der Waals surface area (Å²) >= 11 is 0. The van der Waals surface area contributed by atoms with Gasteiger partial charge in [-0.25, -0.2) is 5.84 Å². The number of hydrogen-bond donors (Lipinski definition) is 2. The van der Waals surface area contributed by atoms with Crippen molar-refractivity contribution in [1.82, 2.24) is 5.43 Å². The number of carbonyl (C=O) groups is 2. The standard InChI is InChI=1S/C14H19N3O2/c1-10-6-7-11-4-2-3-5-14(19)17(12(11)8-10)9-13(18)16-15/h6-8H,2-5,9,15H2,1H3,(H,16,18). The van der Waals surface area contributed by atoms with Gasteiger partial charge in [0, 0.05) is 12.1 Å². The van der Waals surface area contributed by atoms with E-state index in [4.69, 9.17) is 5.84 Å². The molecule has 1 aromatic rings. The third kappa shape index (κ3) is 3.12. The second-order valence-corrected chi connectivity index (χ2v) is 4.89. The molecule has 0 bridgehead atoms. The molecule has 1 heterocycles. The summed E-state index contributed by atoms with van der Waals surface area (Å²) in [5.74, 6) is 4.74. The van der Waals surface area contributed by atoms with Crippen LogP contribution in [0.3, 0.4) is 0 Å². The lowest BCUT2D eigenvalue weighted by atomic mass is 9.99. The summed E-state index contributed by atoms with van der Waals surface area (Å²) in [4.78, 5) is 25.2. The van der Waals surface area contributed by atoms with Crippen molar-refractivity contribution in [1.29, 1.82) is 0 Å². The highest BCUT2D eigenvalue weighted by atomic mass is 16.2. The predicted molar refractivity (Wildman–Crippen MR) is 73.4 cm³/mol. The number of rotatable bonds is 2. The van der Waals surface area contributed by atoms with E-state index in [2.05, 4.69) is 5.43 Å². The number of fused-ring (bicyclic) bond motifs is 1. The van der Waals surface area contributed by atoms with Gasteiger partial charge in [-0.2, -0.15) is 0 Å². The number of benzene rings is 1. The first kappa shape index (κ1) is 13.5. The molecule has 1 aliphatic heterocycles. The van der Waals surface area contributed by atoms with E-state index in [1.54, 1.807) is 4.90 Å². The number of carbonyl (C=O) groups excluding carboxylic acids is 2. The zero-order valence-electron chi connectivity index (χ0n) is 11.1. The minimum atomic E-state index is -0.360. The first-order valence-corrected chi connectivity index (χ1v) is 6.51. The molecular weight excluding hydrogens is 242 g/mol. The smallest absolute Gasteiger partial charge is 0.253 e. The third-order valence-corrected chi connectivity index (χ3v) is 3.38. The van der Waals surface area contributed by atoms with Gasteiger partial charge in [0.05, 0.1) is 0 Å². The van der Waals surface area contributed by atoms with Crippen molar-refractivity contribution in [2.45, 2.75) is 32.6 Å². The van der Waals surface area contributed by atoms with Crippen LogP contribution in [-0.4, -0.2) is 18.4 Å². The van der Waals surface area contributed by atoms with Gasteiger partial charge in [-0.3, -0.25) is 15.0 Å². The van der Waals surface area contributed by atoms with Gasteiger partial charge in [0.15, 0.2) is 0 Å². The van der Waals surface area contributed by atoms with Crippen molar-refractivity contribution in [3.63, 3.8) is 0 Å². The second kappa shape index (κ2) is 5.84. The van der Waals surface area contributed by atoms with Gasteiger partial charge >= 0.3 is 0 Å². The lowest BCUT2D eigenvalue weighted by molar-refractivity contribution is -0.124. The van der Waals surface area contributed by atoms with Crippen LogP contribution >= 0.6 is 0 Å². The van der Waals surface area contributed by atoms with Crippen molar-refractivity contribution >= 4 is 17.5 Å². The number of aryl methyl sites for hydroxylation is 2. The van der Waals surface area contributed by atoms with Crippen molar-refractivity contribution in [3.05, 3.63) is 29.3 Å². The highest BCUT2D eigenvalue weighted by molar-refractivity contribution is 5.99. The Morgan fingerprint density at radius 1 is 1.37 bits per heavy atom. The Labute approximate surface area is 112 Å². The Morgan fingerprint density at radius 3 is 2.84 bits per heavy atom. The molecule has 0 saturated heterocycles. The molecule has 3 N–H and O–H groups in total. The molecule has 0 fully saturated rings. The summed E-state index contributed by atoms with van der Waals surface area (Å²) in [5.41, 5.74) is 5.11. The molecule has 2 rings (SSSR count). The first-order valence-electron chi connectivity index (χ1n) is 6.51. The number of amides is 2. The SMILES string of the molecule is Cc1ccc2c(c1)N(CC(=O)NN)C(=O)CCCC2. The molecule has 19 heavy (non-hydrogen) atoms. The minimum absolute atomic E-state index is 0.0184. The van der Waals surface area contributed by atoms with Crippen LogP contribution in [0.15, 0.2) is 18.2 Å². The van der Waals surface area contributed by atoms with Gasteiger partial charge in [-0.1, -0.05) is 12.1 Å². The van der Waals surface area contributed by atoms with Gasteiger partial charge in [-0.15, -0.1) is 0 Å². The van der Waals surface area contributed by atoms with Gasteiger partial charge in [0.1, 0.15) is 6.54 Å². The Kier molecular flexibility index (Phi) is 4.16. The van der Waals surface area contributed by atoms with Crippen molar-refractivity contribution in [2.75, 3.05) is 11.4 Å². The molecule has 0 aliphatic carbocycles. The maximum absolute atomic E-state index is 12.2. The quantitative estimate of drug-likeness (QED) is 0.474. The van der Waals surface area contributed by atoms with E-state index in [1.807, 2.05) is 25.1 Å². The summed E-state index contributed by atoms with van der Waals surface area (Å²) < 4.78 is 0. The van der Waals surface area contributed by atoms with Crippen LogP contribution in [-0.2, 0) is 16.0 Å². The number of nitrogens with one attached hydrogen (secondary N) is 1. The van der Waals surface area contributed by atoms with Crippen LogP contribution in [0.25, 0.3) is 0 Å². The molecule has 0 atom stereocenters. The van der Waals surface area contributed by atoms with Crippen LogP contribution in [0.4, 0.5) is 5.69 Å². The van der Waals surface area contributed by atoms with E-state index >= 15 is 0 Å².